The van der Waals surface area contributed by atoms with Gasteiger partial charge in [0.15, 0.2) is 5.82 Å². The highest BCUT2D eigenvalue weighted by Crippen LogP contribution is 2.23. The van der Waals surface area contributed by atoms with Gasteiger partial charge in [0.05, 0.1) is 17.2 Å². The molecule has 2 N–H and O–H groups in total. The summed E-state index contributed by atoms with van der Waals surface area (Å²) in [5.41, 5.74) is -0.448. The molecule has 0 radical (unpaired) electrons. The summed E-state index contributed by atoms with van der Waals surface area (Å²) in [7, 11) is -2.40. The first-order valence-corrected chi connectivity index (χ1v) is 8.44. The highest BCUT2D eigenvalue weighted by molar-refractivity contribution is 7.89. The van der Waals surface area contributed by atoms with Crippen LogP contribution in [0.1, 0.15) is 12.8 Å². The number of benzene rings is 1. The van der Waals surface area contributed by atoms with E-state index in [1.807, 2.05) is 0 Å². The lowest BCUT2D eigenvalue weighted by Gasteiger charge is -2.28. The first-order valence-electron chi connectivity index (χ1n) is 6.58. The van der Waals surface area contributed by atoms with Crippen LogP contribution in [-0.4, -0.2) is 40.8 Å². The molecule has 1 unspecified atom stereocenters. The lowest BCUT2D eigenvalue weighted by atomic mass is 9.99. The van der Waals surface area contributed by atoms with Gasteiger partial charge in [-0.3, -0.25) is 0 Å². The molecule has 0 amide bonds. The Morgan fingerprint density at radius 1 is 1.52 bits per heavy atom. The number of ether oxygens (including phenoxy) is 1. The Labute approximate surface area is 128 Å². The summed E-state index contributed by atoms with van der Waals surface area (Å²) < 4.78 is 45.9. The van der Waals surface area contributed by atoms with Crippen LogP contribution in [0.3, 0.4) is 0 Å². The Hall–Kier alpha value is -0.730. The van der Waals surface area contributed by atoms with E-state index in [0.29, 0.717) is 6.61 Å². The predicted molar refractivity (Wildman–Crippen MR) is 78.4 cm³/mol. The van der Waals surface area contributed by atoms with Crippen LogP contribution in [-0.2, 0) is 14.8 Å². The van der Waals surface area contributed by atoms with E-state index in [1.165, 1.54) is 18.2 Å². The first-order chi connectivity index (χ1) is 9.90. The minimum absolute atomic E-state index is 0.134. The highest BCUT2D eigenvalue weighted by Gasteiger charge is 2.35. The van der Waals surface area contributed by atoms with Crippen LogP contribution in [0.15, 0.2) is 23.1 Å². The average Bonchev–Trinajstić information content (AvgIpc) is 2.89. The molecule has 8 heteroatoms. The van der Waals surface area contributed by atoms with Crippen LogP contribution in [0.25, 0.3) is 0 Å². The van der Waals surface area contributed by atoms with E-state index in [0.717, 1.165) is 19.4 Å². The third-order valence-electron chi connectivity index (χ3n) is 3.56. The predicted octanol–water partition coefficient (Wildman–Crippen LogP) is 1.53. The minimum atomic E-state index is -3.96. The zero-order valence-electron chi connectivity index (χ0n) is 11.7. The third-order valence-corrected chi connectivity index (χ3v) is 5.27. The molecule has 0 spiro atoms. The summed E-state index contributed by atoms with van der Waals surface area (Å²) in [5, 5.41) is 3.03. The molecule has 1 aliphatic heterocycles. The van der Waals surface area contributed by atoms with Crippen molar-refractivity contribution in [2.75, 3.05) is 26.8 Å². The van der Waals surface area contributed by atoms with Crippen LogP contribution in [0, 0.1) is 5.82 Å². The van der Waals surface area contributed by atoms with Gasteiger partial charge >= 0.3 is 0 Å². The molecule has 0 aromatic heterocycles. The average molecular weight is 337 g/mol. The molecule has 1 aromatic carbocycles. The number of halogens is 2. The molecule has 118 valence electrons. The number of hydrogen-bond acceptors (Lipinski definition) is 4. The first kappa shape index (κ1) is 16.6. The van der Waals surface area contributed by atoms with Crippen LogP contribution in [0.5, 0.6) is 0 Å². The molecule has 21 heavy (non-hydrogen) atoms. The molecule has 0 aliphatic carbocycles. The minimum Gasteiger partial charge on any atom is -0.383 e. The lowest BCUT2D eigenvalue weighted by molar-refractivity contribution is 0.122. The molecule has 1 heterocycles. The van der Waals surface area contributed by atoms with Gasteiger partial charge in [0, 0.05) is 13.7 Å². The summed E-state index contributed by atoms with van der Waals surface area (Å²) >= 11 is 5.62. The Bertz CT molecular complexity index is 603. The van der Waals surface area contributed by atoms with Crippen molar-refractivity contribution in [1.29, 1.82) is 0 Å². The zero-order valence-corrected chi connectivity index (χ0v) is 13.2. The van der Waals surface area contributed by atoms with Crippen LogP contribution in [0.4, 0.5) is 4.39 Å². The van der Waals surface area contributed by atoms with Crippen molar-refractivity contribution in [2.24, 2.45) is 0 Å². The van der Waals surface area contributed by atoms with Crippen molar-refractivity contribution in [1.82, 2.24) is 10.0 Å². The van der Waals surface area contributed by atoms with E-state index in [9.17, 15) is 12.8 Å². The maximum Gasteiger partial charge on any atom is 0.243 e. The molecule has 1 saturated heterocycles. The van der Waals surface area contributed by atoms with Crippen LogP contribution < -0.4 is 10.0 Å². The summed E-state index contributed by atoms with van der Waals surface area (Å²) in [6.45, 7) is 1.32. The van der Waals surface area contributed by atoms with Crippen molar-refractivity contribution in [3.8, 4) is 0 Å². The monoisotopic (exact) mass is 336 g/mol. The molecule has 1 atom stereocenters. The fraction of sp³-hybridized carbons (Fsp3) is 0.538. The number of rotatable bonds is 6. The van der Waals surface area contributed by atoms with Gasteiger partial charge < -0.3 is 10.1 Å². The summed E-state index contributed by atoms with van der Waals surface area (Å²) in [6, 6.07) is 3.90. The molecular weight excluding hydrogens is 319 g/mol. The van der Waals surface area contributed by atoms with Crippen molar-refractivity contribution >= 4 is 21.6 Å². The summed E-state index contributed by atoms with van der Waals surface area (Å²) in [6.07, 6.45) is 1.73. The lowest BCUT2D eigenvalue weighted by Crippen LogP contribution is -2.52. The van der Waals surface area contributed by atoms with Gasteiger partial charge in [-0.2, -0.15) is 0 Å². The molecule has 0 saturated carbocycles. The third kappa shape index (κ3) is 3.73. The second kappa shape index (κ2) is 6.58. The van der Waals surface area contributed by atoms with Crippen molar-refractivity contribution < 1.29 is 17.5 Å². The molecule has 1 aliphatic rings. The van der Waals surface area contributed by atoms with E-state index >= 15 is 0 Å². The molecule has 0 bridgehead atoms. The highest BCUT2D eigenvalue weighted by atomic mass is 35.5. The summed E-state index contributed by atoms with van der Waals surface area (Å²) in [4.78, 5) is -0.444. The van der Waals surface area contributed by atoms with Gasteiger partial charge in [0.1, 0.15) is 4.90 Å². The SMILES string of the molecule is COCC1(CNS(=O)(=O)c2cccc(Cl)c2F)CCCN1. The van der Waals surface area contributed by atoms with Crippen molar-refractivity contribution in [2.45, 2.75) is 23.3 Å². The van der Waals surface area contributed by atoms with Gasteiger partial charge in [-0.1, -0.05) is 17.7 Å². The Morgan fingerprint density at radius 2 is 2.29 bits per heavy atom. The number of hydrogen-bond donors (Lipinski definition) is 2. The Balaban J connectivity index is 2.16. The largest absolute Gasteiger partial charge is 0.383 e. The number of nitrogens with one attached hydrogen (secondary N) is 2. The summed E-state index contributed by atoms with van der Waals surface area (Å²) in [5.74, 6) is -0.938. The van der Waals surface area contributed by atoms with E-state index < -0.39 is 26.3 Å². The number of methoxy groups -OCH3 is 1. The second-order valence-electron chi connectivity index (χ2n) is 5.12. The fourth-order valence-corrected chi connectivity index (χ4v) is 3.93. The normalized spacial score (nSPS) is 22.6. The van der Waals surface area contributed by atoms with Crippen molar-refractivity contribution in [3.05, 3.63) is 29.0 Å². The maximum atomic E-state index is 13.8. The van der Waals surface area contributed by atoms with Gasteiger partial charge in [0.2, 0.25) is 10.0 Å². The van der Waals surface area contributed by atoms with E-state index in [4.69, 9.17) is 16.3 Å². The van der Waals surface area contributed by atoms with Crippen LogP contribution >= 0.6 is 11.6 Å². The van der Waals surface area contributed by atoms with Gasteiger partial charge in [-0.15, -0.1) is 0 Å². The molecule has 2 rings (SSSR count). The van der Waals surface area contributed by atoms with Crippen LogP contribution in [0.2, 0.25) is 5.02 Å². The van der Waals surface area contributed by atoms with Gasteiger partial charge in [0.25, 0.3) is 0 Å². The fourth-order valence-electron chi connectivity index (χ4n) is 2.47. The Morgan fingerprint density at radius 3 is 2.90 bits per heavy atom. The van der Waals surface area contributed by atoms with Crippen molar-refractivity contribution in [3.63, 3.8) is 0 Å². The topological polar surface area (TPSA) is 67.4 Å². The Kier molecular flexibility index (Phi) is 5.21. The van der Waals surface area contributed by atoms with Gasteiger partial charge in [-0.05, 0) is 31.5 Å². The molecule has 5 nitrogen and oxygen atoms in total. The quantitative estimate of drug-likeness (QED) is 0.826. The second-order valence-corrected chi connectivity index (χ2v) is 7.26. The zero-order chi connectivity index (χ0) is 15.5. The standard InChI is InChI=1S/C13H18ClFN2O3S/c1-20-9-13(6-3-7-16-13)8-17-21(18,19)11-5-2-4-10(14)12(11)15/h2,4-5,16-17H,3,6-9H2,1H3. The molecule has 1 aromatic rings. The van der Waals surface area contributed by atoms with Gasteiger partial charge in [-0.25, -0.2) is 17.5 Å². The molecule has 1 fully saturated rings. The number of sulfonamides is 1. The molecular formula is C13H18ClFN2O3S. The van der Waals surface area contributed by atoms with E-state index in [-0.39, 0.29) is 11.6 Å². The smallest absolute Gasteiger partial charge is 0.243 e. The van der Waals surface area contributed by atoms with E-state index in [1.54, 1.807) is 7.11 Å². The maximum absolute atomic E-state index is 13.8. The van der Waals surface area contributed by atoms with E-state index in [2.05, 4.69) is 10.0 Å².